The number of imidazole rings is 1. The summed E-state index contributed by atoms with van der Waals surface area (Å²) in [6, 6.07) is 10.9. The molecule has 0 unspecified atom stereocenters. The van der Waals surface area contributed by atoms with Crippen LogP contribution in [-0.4, -0.2) is 89.7 Å². The topological polar surface area (TPSA) is 245 Å². The van der Waals surface area contributed by atoms with E-state index in [1.165, 1.54) is 32.7 Å². The van der Waals surface area contributed by atoms with E-state index in [2.05, 4.69) is 25.1 Å². The number of thioether (sulfide) groups is 1. The molecule has 0 radical (unpaired) electrons. The van der Waals surface area contributed by atoms with Crippen LogP contribution in [0.15, 0.2) is 71.3 Å². The Kier molecular flexibility index (Phi) is 11.4. The zero-order valence-electron chi connectivity index (χ0n) is 31.6. The summed E-state index contributed by atoms with van der Waals surface area (Å²) in [5.74, 6) is -3.01. The predicted molar refractivity (Wildman–Crippen MR) is 203 cm³/mol. The van der Waals surface area contributed by atoms with Crippen LogP contribution in [0.25, 0.3) is 5.65 Å². The lowest BCUT2D eigenvalue weighted by molar-refractivity contribution is -0.662. The minimum absolute atomic E-state index is 0.0121. The molecule has 0 bridgehead atoms. The number of methoxy groups -OCH3 is 1. The Labute approximate surface area is 334 Å². The van der Waals surface area contributed by atoms with Crippen molar-refractivity contribution in [3.8, 4) is 5.75 Å². The van der Waals surface area contributed by atoms with Gasteiger partial charge in [-0.25, -0.2) is 14.2 Å². The van der Waals surface area contributed by atoms with Crippen molar-refractivity contribution in [1.29, 1.82) is 0 Å². The van der Waals surface area contributed by atoms with E-state index in [0.29, 0.717) is 28.4 Å². The third kappa shape index (κ3) is 8.93. The number of aliphatic carboxylic acids is 1. The number of hydrogen-bond acceptors (Lipinski definition) is 16. The van der Waals surface area contributed by atoms with Gasteiger partial charge in [-0.2, -0.15) is 13.8 Å². The van der Waals surface area contributed by atoms with E-state index < -0.39 is 58.2 Å². The number of carboxylic acid groups (broad SMARTS) is 1. The number of anilines is 2. The first-order valence-corrected chi connectivity index (χ1v) is 19.1. The van der Waals surface area contributed by atoms with Crippen molar-refractivity contribution < 1.29 is 52.7 Å². The van der Waals surface area contributed by atoms with Gasteiger partial charge in [0.2, 0.25) is 23.0 Å². The predicted octanol–water partition coefficient (Wildman–Crippen LogP) is 1.36. The molecule has 300 valence electrons. The van der Waals surface area contributed by atoms with Gasteiger partial charge in [0.25, 0.3) is 17.5 Å². The number of aromatic nitrogens is 4. The molecular weight excluding hydrogens is 783 g/mol. The second kappa shape index (κ2) is 16.1. The molecule has 2 atom stereocenters. The highest BCUT2D eigenvalue weighted by molar-refractivity contribution is 8.00. The normalized spacial score (nSPS) is 17.1. The maximum atomic E-state index is 13.7. The molecule has 0 aliphatic carbocycles. The third-order valence-electron chi connectivity index (χ3n) is 8.47. The molecule has 21 heteroatoms. The molecule has 1 aromatic carbocycles. The zero-order chi connectivity index (χ0) is 41.2. The number of nitrogens with one attached hydrogen (secondary N) is 2. The van der Waals surface area contributed by atoms with Gasteiger partial charge in [-0.1, -0.05) is 17.3 Å². The highest BCUT2D eigenvalue weighted by Gasteiger charge is 2.53. The number of carbonyl (C=O) groups is 5. The Balaban J connectivity index is 1.16. The van der Waals surface area contributed by atoms with Gasteiger partial charge in [-0.15, -0.1) is 11.8 Å². The van der Waals surface area contributed by atoms with Crippen LogP contribution in [0.4, 0.5) is 15.7 Å². The molecule has 5 heterocycles. The Hall–Kier alpha value is -6.22. The summed E-state index contributed by atoms with van der Waals surface area (Å²) in [4.78, 5) is 75.8. The van der Waals surface area contributed by atoms with Crippen LogP contribution in [0.2, 0.25) is 0 Å². The number of amides is 3. The Morgan fingerprint density at radius 2 is 1.84 bits per heavy atom. The average Bonchev–Trinajstić information content (AvgIpc) is 3.78. The summed E-state index contributed by atoms with van der Waals surface area (Å²) < 4.78 is 23.4. The van der Waals surface area contributed by atoms with Crippen molar-refractivity contribution in [1.82, 2.24) is 24.0 Å². The monoisotopic (exact) mass is 821 g/mol. The molecule has 1 saturated heterocycles. The molecule has 3 amide bonds. The molecule has 19 nitrogen and oxygen atoms in total. The Morgan fingerprint density at radius 1 is 1.11 bits per heavy atom. The lowest BCUT2D eigenvalue weighted by Gasteiger charge is -2.50. The van der Waals surface area contributed by atoms with Gasteiger partial charge in [-0.05, 0) is 58.4 Å². The number of nitrogens with two attached hydrogens (primary N) is 1. The Bertz CT molecular complexity index is 2300. The molecule has 57 heavy (non-hydrogen) atoms. The number of benzene rings is 1. The fraction of sp³-hybridized carbons (Fsp3) is 0.361. The van der Waals surface area contributed by atoms with Crippen molar-refractivity contribution in [2.45, 2.75) is 70.4 Å². The minimum Gasteiger partial charge on any atom is -0.543 e. The van der Waals surface area contributed by atoms with E-state index in [1.807, 2.05) is 0 Å². The fourth-order valence-corrected chi connectivity index (χ4v) is 7.50. The molecule has 2 aliphatic heterocycles. The number of carboxylic acids is 1. The molecule has 3 aromatic heterocycles. The van der Waals surface area contributed by atoms with Gasteiger partial charge in [0, 0.05) is 35.0 Å². The Morgan fingerprint density at radius 3 is 2.49 bits per heavy atom. The van der Waals surface area contributed by atoms with E-state index in [9.17, 15) is 29.1 Å². The van der Waals surface area contributed by atoms with Crippen LogP contribution in [0.1, 0.15) is 46.0 Å². The average molecular weight is 822 g/mol. The van der Waals surface area contributed by atoms with Crippen molar-refractivity contribution in [2.24, 2.45) is 5.16 Å². The number of nitrogen functional groups attached to an aromatic ring is 1. The van der Waals surface area contributed by atoms with Gasteiger partial charge >= 0.3 is 12.1 Å². The molecule has 4 N–H and O–H groups in total. The molecular formula is C36H39N9O10S2. The fourth-order valence-electron chi connectivity index (χ4n) is 5.73. The van der Waals surface area contributed by atoms with Crippen molar-refractivity contribution >= 4 is 75.4 Å². The highest BCUT2D eigenvalue weighted by atomic mass is 32.2. The molecule has 2 aliphatic rings. The number of fused-ring (bicyclic) bond motifs is 2. The van der Waals surface area contributed by atoms with Crippen molar-refractivity contribution in [2.75, 3.05) is 23.9 Å². The van der Waals surface area contributed by atoms with Crippen LogP contribution >= 0.6 is 23.3 Å². The van der Waals surface area contributed by atoms with Crippen molar-refractivity contribution in [3.63, 3.8) is 0 Å². The van der Waals surface area contributed by atoms with Crippen LogP contribution in [0, 0.1) is 0 Å². The van der Waals surface area contributed by atoms with Crippen LogP contribution < -0.4 is 30.8 Å². The molecule has 6 rings (SSSR count). The van der Waals surface area contributed by atoms with Crippen LogP contribution in [-0.2, 0) is 46.6 Å². The van der Waals surface area contributed by atoms with Gasteiger partial charge in [0.05, 0.1) is 18.8 Å². The number of esters is 1. The van der Waals surface area contributed by atoms with Crippen LogP contribution in [0.3, 0.4) is 0 Å². The number of ether oxygens (including phenoxy) is 3. The SMILES string of the molecule is COc1ccc(COC(=O)C(C)(C)O/N=C(\C(=O)N[C@@H]2C(=O)N3C(C(=O)[O-])=C(C[n+]4ccn5c(NC(=O)OC(C)(C)C)cccc54)CS[C@H]23)c2nsc(N)n2)cc1. The maximum absolute atomic E-state index is 13.7. The molecule has 0 spiro atoms. The largest absolute Gasteiger partial charge is 0.543 e. The minimum atomic E-state index is -1.69. The summed E-state index contributed by atoms with van der Waals surface area (Å²) in [6.07, 6.45) is 2.76. The van der Waals surface area contributed by atoms with E-state index in [-0.39, 0.29) is 35.6 Å². The van der Waals surface area contributed by atoms with Gasteiger partial charge in [0.15, 0.2) is 5.13 Å². The van der Waals surface area contributed by atoms with E-state index in [0.717, 1.165) is 16.4 Å². The summed E-state index contributed by atoms with van der Waals surface area (Å²) in [5, 5.41) is 21.0. The van der Waals surface area contributed by atoms with Crippen LogP contribution in [0.5, 0.6) is 5.75 Å². The first-order chi connectivity index (χ1) is 27.0. The standard InChI is InChI=1S/C36H39N9O10S2/c1-35(2,3)54-34(51)38-22-8-7-9-23-43(14-15-44(22)23)16-20-18-56-30-25(29(47)45(30)26(20)31(48)49)39-28(46)24(27-40-33(37)57-42-27)41-55-36(4,5)32(50)53-17-19-10-12-21(52-6)13-11-19/h7-15,25,30H,16-18H2,1-6H3,(H4,37,39,40,42,46,48,49)/b41-24-/t25-,30-/m1/s1. The smallest absolute Gasteiger partial charge is 0.414 e. The maximum Gasteiger partial charge on any atom is 0.414 e. The first kappa shape index (κ1) is 40.4. The molecule has 0 saturated carbocycles. The quantitative estimate of drug-likeness (QED) is 0.0567. The molecule has 1 fully saturated rings. The first-order valence-electron chi connectivity index (χ1n) is 17.3. The lowest BCUT2D eigenvalue weighted by Crippen LogP contribution is -2.71. The second-order valence-corrected chi connectivity index (χ2v) is 16.1. The lowest BCUT2D eigenvalue weighted by atomic mass is 10.0. The summed E-state index contributed by atoms with van der Waals surface area (Å²) in [6.45, 7) is 8.01. The van der Waals surface area contributed by atoms with Gasteiger partial charge in [0.1, 0.15) is 48.3 Å². The second-order valence-electron chi connectivity index (χ2n) is 14.2. The van der Waals surface area contributed by atoms with E-state index in [4.69, 9.17) is 24.8 Å². The van der Waals surface area contributed by atoms with E-state index >= 15 is 0 Å². The van der Waals surface area contributed by atoms with E-state index in [1.54, 1.807) is 84.6 Å². The van der Waals surface area contributed by atoms with Gasteiger partial charge < -0.3 is 40.0 Å². The number of rotatable bonds is 13. The number of oxime groups is 1. The third-order valence-corrected chi connectivity index (χ3v) is 10.3. The zero-order valence-corrected chi connectivity index (χ0v) is 33.3. The number of nitrogens with zero attached hydrogens (tertiary/aromatic N) is 6. The van der Waals surface area contributed by atoms with Gasteiger partial charge in [-0.3, -0.25) is 19.8 Å². The summed E-state index contributed by atoms with van der Waals surface area (Å²) >= 11 is 2.02. The number of pyridine rings is 1. The highest BCUT2D eigenvalue weighted by Crippen LogP contribution is 2.40. The summed E-state index contributed by atoms with van der Waals surface area (Å²) in [7, 11) is 1.53. The summed E-state index contributed by atoms with van der Waals surface area (Å²) in [5.41, 5.74) is 4.26. The number of β-lactam (4-membered cyclic amide) rings is 1. The van der Waals surface area contributed by atoms with Crippen molar-refractivity contribution in [3.05, 3.63) is 77.5 Å². The number of hydrogen-bond donors (Lipinski definition) is 3. The number of carbonyl (C=O) groups excluding carboxylic acids is 5. The molecule has 4 aromatic rings.